The van der Waals surface area contributed by atoms with Crippen LogP contribution in [0, 0.1) is 5.92 Å². The normalized spacial score (nSPS) is 12.2. The molecule has 0 aliphatic carbocycles. The highest BCUT2D eigenvalue weighted by atomic mass is 16.5. The molecular weight excluding hydrogens is 196 g/mol. The van der Waals surface area contributed by atoms with Gasteiger partial charge in [-0.15, -0.1) is 0 Å². The first-order valence-electron chi connectivity index (χ1n) is 5.23. The molecule has 0 aliphatic rings. The lowest BCUT2D eigenvalue weighted by Gasteiger charge is -2.09. The topological polar surface area (TPSA) is 52.6 Å². The maximum Gasteiger partial charge on any atom is 0.309 e. The van der Waals surface area contributed by atoms with Crippen LogP contribution in [0.15, 0.2) is 0 Å². The van der Waals surface area contributed by atoms with Crippen molar-refractivity contribution in [2.75, 3.05) is 20.3 Å². The highest BCUT2D eigenvalue weighted by Gasteiger charge is 2.15. The van der Waals surface area contributed by atoms with Crippen molar-refractivity contribution in [1.29, 1.82) is 0 Å². The van der Waals surface area contributed by atoms with Gasteiger partial charge in [-0.05, 0) is 19.8 Å². The fourth-order valence-electron chi connectivity index (χ4n) is 1.18. The molecule has 15 heavy (non-hydrogen) atoms. The lowest BCUT2D eigenvalue weighted by atomic mass is 10.1. The molecule has 0 aliphatic heterocycles. The van der Waals surface area contributed by atoms with Crippen LogP contribution in [-0.4, -0.2) is 32.1 Å². The fourth-order valence-corrected chi connectivity index (χ4v) is 1.18. The summed E-state index contributed by atoms with van der Waals surface area (Å²) in [6, 6.07) is 0. The van der Waals surface area contributed by atoms with Gasteiger partial charge in [0.2, 0.25) is 0 Å². The molecule has 0 fully saturated rings. The summed E-state index contributed by atoms with van der Waals surface area (Å²) in [5, 5.41) is 0. The van der Waals surface area contributed by atoms with Crippen molar-refractivity contribution < 1.29 is 19.1 Å². The molecule has 4 heteroatoms. The van der Waals surface area contributed by atoms with E-state index in [0.29, 0.717) is 13.2 Å². The Morgan fingerprint density at radius 2 is 1.80 bits per heavy atom. The Hall–Kier alpha value is -0.900. The molecule has 0 rings (SSSR count). The van der Waals surface area contributed by atoms with Gasteiger partial charge in [0.25, 0.3) is 0 Å². The fraction of sp³-hybridized carbons (Fsp3) is 0.818. The summed E-state index contributed by atoms with van der Waals surface area (Å²) in [7, 11) is 1.64. The lowest BCUT2D eigenvalue weighted by Crippen LogP contribution is -2.17. The Labute approximate surface area is 90.9 Å². The Morgan fingerprint density at radius 3 is 2.33 bits per heavy atom. The maximum absolute atomic E-state index is 11.3. The Bertz CT molecular complexity index is 201. The zero-order valence-corrected chi connectivity index (χ0v) is 9.75. The first kappa shape index (κ1) is 14.1. The van der Waals surface area contributed by atoms with E-state index in [1.807, 2.05) is 0 Å². The van der Waals surface area contributed by atoms with Crippen LogP contribution in [0.4, 0.5) is 0 Å². The van der Waals surface area contributed by atoms with E-state index in [1.165, 1.54) is 6.92 Å². The molecule has 0 aromatic heterocycles. The molecule has 1 unspecified atom stereocenters. The molecule has 0 bridgehead atoms. The second-order valence-corrected chi connectivity index (χ2v) is 3.67. The first-order chi connectivity index (χ1) is 7.07. The summed E-state index contributed by atoms with van der Waals surface area (Å²) in [4.78, 5) is 22.1. The molecule has 0 aromatic rings. The second kappa shape index (κ2) is 8.41. The zero-order chi connectivity index (χ0) is 11.7. The molecule has 0 amide bonds. The van der Waals surface area contributed by atoms with Gasteiger partial charge in [-0.3, -0.25) is 4.79 Å². The van der Waals surface area contributed by atoms with Gasteiger partial charge in [0.05, 0.1) is 12.5 Å². The number of ketones is 1. The quantitative estimate of drug-likeness (QED) is 0.456. The van der Waals surface area contributed by atoms with Gasteiger partial charge >= 0.3 is 5.97 Å². The molecule has 88 valence electrons. The summed E-state index contributed by atoms with van der Waals surface area (Å²) in [6.07, 6.45) is 1.94. The van der Waals surface area contributed by atoms with Crippen molar-refractivity contribution in [2.45, 2.75) is 33.1 Å². The van der Waals surface area contributed by atoms with Crippen LogP contribution in [0.25, 0.3) is 0 Å². The average Bonchev–Trinajstić information content (AvgIpc) is 2.16. The van der Waals surface area contributed by atoms with Gasteiger partial charge in [-0.1, -0.05) is 6.92 Å². The molecule has 1 atom stereocenters. The Morgan fingerprint density at radius 1 is 1.20 bits per heavy atom. The molecule has 0 aromatic carbocycles. The maximum atomic E-state index is 11.3. The van der Waals surface area contributed by atoms with Crippen molar-refractivity contribution in [3.05, 3.63) is 0 Å². The monoisotopic (exact) mass is 216 g/mol. The van der Waals surface area contributed by atoms with Crippen LogP contribution in [0.1, 0.15) is 33.1 Å². The molecule has 4 nitrogen and oxygen atoms in total. The number of rotatable bonds is 8. The van der Waals surface area contributed by atoms with E-state index >= 15 is 0 Å². The van der Waals surface area contributed by atoms with E-state index in [1.54, 1.807) is 14.0 Å². The third kappa shape index (κ3) is 8.12. The van der Waals surface area contributed by atoms with Crippen molar-refractivity contribution >= 4 is 11.8 Å². The molecule has 0 N–H and O–H groups in total. The number of ether oxygens (including phenoxy) is 2. The van der Waals surface area contributed by atoms with Gasteiger partial charge in [0.15, 0.2) is 0 Å². The third-order valence-electron chi connectivity index (χ3n) is 1.98. The summed E-state index contributed by atoms with van der Waals surface area (Å²) >= 11 is 0. The zero-order valence-electron chi connectivity index (χ0n) is 9.75. The van der Waals surface area contributed by atoms with Gasteiger partial charge in [-0.25, -0.2) is 0 Å². The SMILES string of the molecule is COCCCCOC(=O)C(C)CC(C)=O. The molecule has 0 saturated heterocycles. The minimum atomic E-state index is -0.329. The Kier molecular flexibility index (Phi) is 7.91. The Balaban J connectivity index is 3.51. The number of methoxy groups -OCH3 is 1. The molecule has 0 heterocycles. The van der Waals surface area contributed by atoms with Crippen molar-refractivity contribution in [3.8, 4) is 0 Å². The standard InChI is InChI=1S/C11H20O4/c1-9(8-10(2)12)11(13)15-7-5-4-6-14-3/h9H,4-8H2,1-3H3. The van der Waals surface area contributed by atoms with E-state index in [2.05, 4.69) is 0 Å². The van der Waals surface area contributed by atoms with Crippen LogP contribution in [-0.2, 0) is 19.1 Å². The third-order valence-corrected chi connectivity index (χ3v) is 1.98. The minimum Gasteiger partial charge on any atom is -0.465 e. The van der Waals surface area contributed by atoms with Crippen LogP contribution >= 0.6 is 0 Å². The number of hydrogen-bond donors (Lipinski definition) is 0. The van der Waals surface area contributed by atoms with Crippen molar-refractivity contribution in [2.24, 2.45) is 5.92 Å². The van der Waals surface area contributed by atoms with E-state index in [-0.39, 0.29) is 24.1 Å². The number of hydrogen-bond acceptors (Lipinski definition) is 4. The van der Waals surface area contributed by atoms with Crippen LogP contribution < -0.4 is 0 Å². The van der Waals surface area contributed by atoms with E-state index < -0.39 is 0 Å². The summed E-state index contributed by atoms with van der Waals surface area (Å²) in [5.41, 5.74) is 0. The average molecular weight is 216 g/mol. The molecule has 0 spiro atoms. The number of unbranched alkanes of at least 4 members (excludes halogenated alkanes) is 1. The van der Waals surface area contributed by atoms with Crippen molar-refractivity contribution in [1.82, 2.24) is 0 Å². The molecule has 0 radical (unpaired) electrons. The highest BCUT2D eigenvalue weighted by Crippen LogP contribution is 2.05. The summed E-state index contributed by atoms with van der Waals surface area (Å²) in [5.74, 6) is -0.605. The highest BCUT2D eigenvalue weighted by molar-refractivity contribution is 5.82. The molecule has 0 saturated carbocycles. The van der Waals surface area contributed by atoms with Crippen LogP contribution in [0.2, 0.25) is 0 Å². The number of Topliss-reactive ketones (excluding diaryl/α,β-unsaturated/α-hetero) is 1. The summed E-state index contributed by atoms with van der Waals surface area (Å²) < 4.78 is 9.87. The second-order valence-electron chi connectivity index (χ2n) is 3.67. The van der Waals surface area contributed by atoms with E-state index in [0.717, 1.165) is 12.8 Å². The van der Waals surface area contributed by atoms with Gasteiger partial charge in [0.1, 0.15) is 5.78 Å². The predicted octanol–water partition coefficient (Wildman–Crippen LogP) is 1.57. The number of carbonyl (C=O) groups excluding carboxylic acids is 2. The first-order valence-corrected chi connectivity index (χ1v) is 5.23. The number of esters is 1. The largest absolute Gasteiger partial charge is 0.465 e. The smallest absolute Gasteiger partial charge is 0.309 e. The lowest BCUT2D eigenvalue weighted by molar-refractivity contribution is -0.149. The predicted molar refractivity (Wildman–Crippen MR) is 56.5 cm³/mol. The van der Waals surface area contributed by atoms with Crippen molar-refractivity contribution in [3.63, 3.8) is 0 Å². The molecular formula is C11H20O4. The van der Waals surface area contributed by atoms with Gasteiger partial charge < -0.3 is 14.3 Å². The summed E-state index contributed by atoms with van der Waals surface area (Å²) in [6.45, 7) is 4.27. The number of carbonyl (C=O) groups is 2. The van der Waals surface area contributed by atoms with Crippen LogP contribution in [0.3, 0.4) is 0 Å². The van der Waals surface area contributed by atoms with E-state index in [4.69, 9.17) is 9.47 Å². The van der Waals surface area contributed by atoms with E-state index in [9.17, 15) is 9.59 Å². The van der Waals surface area contributed by atoms with Gasteiger partial charge in [-0.2, -0.15) is 0 Å². The van der Waals surface area contributed by atoms with Crippen LogP contribution in [0.5, 0.6) is 0 Å². The van der Waals surface area contributed by atoms with Gasteiger partial charge in [0, 0.05) is 20.1 Å². The minimum absolute atomic E-state index is 0.0128.